The van der Waals surface area contributed by atoms with Crippen LogP contribution < -0.4 is 16.4 Å². The third-order valence-electron chi connectivity index (χ3n) is 3.34. The van der Waals surface area contributed by atoms with E-state index in [1.807, 2.05) is 13.8 Å². The van der Waals surface area contributed by atoms with Crippen molar-refractivity contribution in [2.24, 2.45) is 11.1 Å². The Balaban J connectivity index is 0.00000361. The molecule has 0 bridgehead atoms. The largest absolute Gasteiger partial charge is 0.370 e. The molecule has 1 aliphatic heterocycles. The van der Waals surface area contributed by atoms with Gasteiger partial charge >= 0.3 is 0 Å². The summed E-state index contributed by atoms with van der Waals surface area (Å²) in [4.78, 5) is 23.0. The van der Waals surface area contributed by atoms with E-state index in [1.165, 1.54) is 0 Å². The van der Waals surface area contributed by atoms with Crippen molar-refractivity contribution >= 4 is 24.2 Å². The zero-order valence-electron chi connectivity index (χ0n) is 12.0. The van der Waals surface area contributed by atoms with E-state index in [1.54, 1.807) is 0 Å². The van der Waals surface area contributed by atoms with Gasteiger partial charge in [-0.3, -0.25) is 9.59 Å². The topological polar surface area (TPSA) is 108 Å². The molecule has 1 heterocycles. The van der Waals surface area contributed by atoms with Gasteiger partial charge in [0.25, 0.3) is 0 Å². The Morgan fingerprint density at radius 1 is 1.35 bits per heavy atom. The van der Waals surface area contributed by atoms with Gasteiger partial charge in [-0.25, -0.2) is 0 Å². The minimum Gasteiger partial charge on any atom is -0.370 e. The van der Waals surface area contributed by atoms with Gasteiger partial charge in [0, 0.05) is 12.8 Å². The highest BCUT2D eigenvalue weighted by atomic mass is 35.5. The van der Waals surface area contributed by atoms with E-state index in [9.17, 15) is 14.9 Å². The normalized spacial score (nSPS) is 17.4. The fraction of sp³-hybridized carbons (Fsp3) is 0.769. The smallest absolute Gasteiger partial charge is 0.221 e. The van der Waals surface area contributed by atoms with E-state index in [0.717, 1.165) is 13.1 Å². The average Bonchev–Trinajstić information content (AvgIpc) is 2.27. The first-order valence-electron chi connectivity index (χ1n) is 6.50. The molecule has 7 heteroatoms. The number of nitrogens with two attached hydrogens (primary N) is 1. The number of amides is 2. The van der Waals surface area contributed by atoms with Crippen LogP contribution in [0.3, 0.4) is 0 Å². The minimum atomic E-state index is -0.773. The lowest BCUT2D eigenvalue weighted by molar-refractivity contribution is -0.125. The molecule has 0 aliphatic carbocycles. The third-order valence-corrected chi connectivity index (χ3v) is 3.34. The number of nitriles is 1. The maximum absolute atomic E-state index is 12.0. The van der Waals surface area contributed by atoms with Gasteiger partial charge in [-0.05, 0) is 31.3 Å². The van der Waals surface area contributed by atoms with E-state index in [4.69, 9.17) is 5.73 Å². The summed E-state index contributed by atoms with van der Waals surface area (Å²) >= 11 is 0. The zero-order valence-corrected chi connectivity index (χ0v) is 12.8. The molecular weight excluding hydrogens is 280 g/mol. The lowest BCUT2D eigenvalue weighted by Crippen LogP contribution is -2.54. The van der Waals surface area contributed by atoms with Crippen LogP contribution in [0.2, 0.25) is 0 Å². The summed E-state index contributed by atoms with van der Waals surface area (Å²) < 4.78 is 0. The molecule has 1 fully saturated rings. The zero-order chi connectivity index (χ0) is 14.5. The van der Waals surface area contributed by atoms with Crippen LogP contribution in [0.5, 0.6) is 0 Å². The molecule has 0 atom stereocenters. The van der Waals surface area contributed by atoms with Crippen LogP contribution in [0, 0.1) is 16.7 Å². The van der Waals surface area contributed by atoms with Crippen LogP contribution >= 0.6 is 12.4 Å². The quantitative estimate of drug-likeness (QED) is 0.685. The van der Waals surface area contributed by atoms with Gasteiger partial charge in [-0.15, -0.1) is 12.4 Å². The second-order valence-corrected chi connectivity index (χ2v) is 5.98. The molecule has 0 radical (unpaired) electrons. The highest BCUT2D eigenvalue weighted by Crippen LogP contribution is 2.26. The Hall–Kier alpha value is -1.32. The molecule has 0 aromatic carbocycles. The summed E-state index contributed by atoms with van der Waals surface area (Å²) in [5, 5.41) is 15.2. The first-order chi connectivity index (χ1) is 8.79. The van der Waals surface area contributed by atoms with Crippen molar-refractivity contribution in [3.8, 4) is 6.07 Å². The Bertz CT molecular complexity index is 398. The minimum absolute atomic E-state index is 0. The molecule has 2 amide bonds. The lowest BCUT2D eigenvalue weighted by Gasteiger charge is -2.33. The number of piperidine rings is 1. The van der Waals surface area contributed by atoms with Crippen LogP contribution in [0.15, 0.2) is 0 Å². The van der Waals surface area contributed by atoms with E-state index < -0.39 is 16.9 Å². The maximum atomic E-state index is 12.0. The van der Waals surface area contributed by atoms with Crippen LogP contribution in [0.4, 0.5) is 0 Å². The summed E-state index contributed by atoms with van der Waals surface area (Å²) in [6, 6.07) is 2.21. The number of halogens is 1. The molecule has 0 aromatic heterocycles. The fourth-order valence-corrected chi connectivity index (χ4v) is 2.40. The Morgan fingerprint density at radius 2 is 1.90 bits per heavy atom. The Morgan fingerprint density at radius 3 is 2.35 bits per heavy atom. The standard InChI is InChI=1S/C13H22N4O2.ClH/c1-12(2,7-10(15)18)8-11(19)17-13(9-14)3-5-16-6-4-13;/h16H,3-8H2,1-2H3,(H2,15,18)(H,17,19);1H. The lowest BCUT2D eigenvalue weighted by atomic mass is 9.84. The SMILES string of the molecule is CC(C)(CC(N)=O)CC(=O)NC1(C#N)CCNCC1.Cl. The molecule has 20 heavy (non-hydrogen) atoms. The first-order valence-corrected chi connectivity index (χ1v) is 6.50. The molecule has 0 spiro atoms. The van der Waals surface area contributed by atoms with Gasteiger partial charge in [0.15, 0.2) is 0 Å². The highest BCUT2D eigenvalue weighted by molar-refractivity contribution is 5.85. The fourth-order valence-electron chi connectivity index (χ4n) is 2.40. The number of primary amides is 1. The van der Waals surface area contributed by atoms with Crippen molar-refractivity contribution in [1.29, 1.82) is 5.26 Å². The van der Waals surface area contributed by atoms with E-state index in [-0.39, 0.29) is 31.2 Å². The summed E-state index contributed by atoms with van der Waals surface area (Å²) in [6.07, 6.45) is 1.55. The van der Waals surface area contributed by atoms with Gasteiger partial charge in [-0.2, -0.15) is 5.26 Å². The van der Waals surface area contributed by atoms with Gasteiger partial charge in [0.1, 0.15) is 5.54 Å². The summed E-state index contributed by atoms with van der Waals surface area (Å²) in [5.41, 5.74) is 3.90. The first kappa shape index (κ1) is 18.7. The monoisotopic (exact) mass is 302 g/mol. The molecule has 4 N–H and O–H groups in total. The van der Waals surface area contributed by atoms with E-state index in [2.05, 4.69) is 16.7 Å². The van der Waals surface area contributed by atoms with Gasteiger partial charge in [0.05, 0.1) is 6.07 Å². The van der Waals surface area contributed by atoms with Crippen LogP contribution in [0.25, 0.3) is 0 Å². The molecule has 1 rings (SSSR count). The predicted molar refractivity (Wildman–Crippen MR) is 78.0 cm³/mol. The number of nitrogens with zero attached hydrogens (tertiary/aromatic N) is 1. The number of carbonyl (C=O) groups excluding carboxylic acids is 2. The van der Waals surface area contributed by atoms with Crippen LogP contribution in [-0.2, 0) is 9.59 Å². The van der Waals surface area contributed by atoms with Crippen molar-refractivity contribution in [3.05, 3.63) is 0 Å². The molecule has 1 aliphatic rings. The molecule has 114 valence electrons. The van der Waals surface area contributed by atoms with Crippen molar-refractivity contribution in [1.82, 2.24) is 10.6 Å². The predicted octanol–water partition coefficient (Wildman–Crippen LogP) is 0.462. The molecule has 0 aromatic rings. The van der Waals surface area contributed by atoms with Crippen molar-refractivity contribution in [2.75, 3.05) is 13.1 Å². The summed E-state index contributed by atoms with van der Waals surface area (Å²) in [6.45, 7) is 5.08. The van der Waals surface area contributed by atoms with Gasteiger partial charge < -0.3 is 16.4 Å². The molecular formula is C13H23ClN4O2. The highest BCUT2D eigenvalue weighted by Gasteiger charge is 2.35. The van der Waals surface area contributed by atoms with Crippen molar-refractivity contribution in [2.45, 2.75) is 45.1 Å². The maximum Gasteiger partial charge on any atom is 0.221 e. The van der Waals surface area contributed by atoms with Gasteiger partial charge in [-0.1, -0.05) is 13.8 Å². The number of carbonyl (C=O) groups is 2. The molecule has 6 nitrogen and oxygen atoms in total. The Kier molecular flexibility index (Phi) is 6.97. The molecule has 0 saturated carbocycles. The third kappa shape index (κ3) is 5.76. The van der Waals surface area contributed by atoms with Crippen LogP contribution in [0.1, 0.15) is 39.5 Å². The van der Waals surface area contributed by atoms with Crippen LogP contribution in [-0.4, -0.2) is 30.4 Å². The molecule has 1 saturated heterocycles. The summed E-state index contributed by atoms with van der Waals surface area (Å²) in [5.74, 6) is -0.621. The summed E-state index contributed by atoms with van der Waals surface area (Å²) in [7, 11) is 0. The van der Waals surface area contributed by atoms with Crippen molar-refractivity contribution in [3.63, 3.8) is 0 Å². The molecule has 0 unspecified atom stereocenters. The number of hydrogen-bond acceptors (Lipinski definition) is 4. The van der Waals surface area contributed by atoms with Gasteiger partial charge in [0.2, 0.25) is 11.8 Å². The van der Waals surface area contributed by atoms with E-state index in [0.29, 0.717) is 12.8 Å². The number of hydrogen-bond donors (Lipinski definition) is 3. The number of nitrogens with one attached hydrogen (secondary N) is 2. The second-order valence-electron chi connectivity index (χ2n) is 5.98. The van der Waals surface area contributed by atoms with E-state index >= 15 is 0 Å². The average molecular weight is 303 g/mol. The van der Waals surface area contributed by atoms with Crippen molar-refractivity contribution < 1.29 is 9.59 Å². The second kappa shape index (κ2) is 7.46. The Labute approximate surface area is 125 Å². The number of rotatable bonds is 5.